The maximum absolute atomic E-state index is 12.0. The molecule has 1 amide bonds. The van der Waals surface area contributed by atoms with E-state index < -0.39 is 0 Å². The fourth-order valence-corrected chi connectivity index (χ4v) is 2.89. The van der Waals surface area contributed by atoms with Crippen molar-refractivity contribution in [2.24, 2.45) is 17.4 Å². The van der Waals surface area contributed by atoms with E-state index in [0.29, 0.717) is 12.1 Å². The van der Waals surface area contributed by atoms with Gasteiger partial charge < -0.3 is 16.8 Å². The summed E-state index contributed by atoms with van der Waals surface area (Å²) in [6, 6.07) is 0.743. The fourth-order valence-electron chi connectivity index (χ4n) is 2.89. The number of hydrogen-bond donors (Lipinski definition) is 3. The van der Waals surface area contributed by atoms with Crippen LogP contribution in [0.1, 0.15) is 44.9 Å². The number of hydrogen-bond acceptors (Lipinski definition) is 3. The normalized spacial score (nSPS) is 39.6. The Morgan fingerprint density at radius 1 is 1.00 bits per heavy atom. The van der Waals surface area contributed by atoms with Gasteiger partial charge in [0.05, 0.1) is 5.92 Å². The molecule has 4 heteroatoms. The van der Waals surface area contributed by atoms with Gasteiger partial charge in [0.25, 0.3) is 0 Å². The zero-order valence-corrected chi connectivity index (χ0v) is 9.82. The van der Waals surface area contributed by atoms with Crippen LogP contribution >= 0.6 is 0 Å². The standard InChI is InChI=1S/C12H23N3O/c13-8-4-6-9(7-5-8)15-12(16)10-2-1-3-11(10)14/h8-11H,1-7,13-14H2,(H,15,16). The first-order valence-electron chi connectivity index (χ1n) is 6.48. The van der Waals surface area contributed by atoms with Crippen LogP contribution in [-0.2, 0) is 4.79 Å². The van der Waals surface area contributed by atoms with E-state index in [1.807, 2.05) is 0 Å². The molecule has 0 bridgehead atoms. The topological polar surface area (TPSA) is 81.1 Å². The van der Waals surface area contributed by atoms with Crippen LogP contribution in [0.4, 0.5) is 0 Å². The maximum Gasteiger partial charge on any atom is 0.224 e. The zero-order chi connectivity index (χ0) is 11.5. The second kappa shape index (κ2) is 5.15. The molecule has 0 aromatic heterocycles. The summed E-state index contributed by atoms with van der Waals surface area (Å²) in [6.45, 7) is 0. The van der Waals surface area contributed by atoms with Crippen molar-refractivity contribution in [3.63, 3.8) is 0 Å². The van der Waals surface area contributed by atoms with Gasteiger partial charge >= 0.3 is 0 Å². The molecule has 0 aliphatic heterocycles. The third kappa shape index (κ3) is 2.74. The average molecular weight is 225 g/mol. The van der Waals surface area contributed by atoms with Gasteiger partial charge in [-0.1, -0.05) is 6.42 Å². The van der Waals surface area contributed by atoms with Crippen LogP contribution in [-0.4, -0.2) is 24.0 Å². The van der Waals surface area contributed by atoms with Gasteiger partial charge in [-0.05, 0) is 38.5 Å². The van der Waals surface area contributed by atoms with Crippen molar-refractivity contribution in [2.45, 2.75) is 63.1 Å². The predicted octanol–water partition coefficient (Wildman–Crippen LogP) is 0.500. The Morgan fingerprint density at radius 2 is 1.69 bits per heavy atom. The van der Waals surface area contributed by atoms with Crippen LogP contribution in [0, 0.1) is 5.92 Å². The van der Waals surface area contributed by atoms with Crippen LogP contribution in [0.2, 0.25) is 0 Å². The highest BCUT2D eigenvalue weighted by molar-refractivity contribution is 5.80. The Morgan fingerprint density at radius 3 is 2.25 bits per heavy atom. The number of carbonyl (C=O) groups is 1. The first-order valence-corrected chi connectivity index (χ1v) is 6.48. The van der Waals surface area contributed by atoms with Crippen LogP contribution in [0.15, 0.2) is 0 Å². The van der Waals surface area contributed by atoms with Crippen LogP contribution in [0.25, 0.3) is 0 Å². The molecule has 2 aliphatic rings. The Bertz CT molecular complexity index is 249. The molecule has 2 rings (SSSR count). The third-order valence-corrected chi connectivity index (χ3v) is 4.02. The summed E-state index contributed by atoms with van der Waals surface area (Å²) in [4.78, 5) is 12.0. The number of carbonyl (C=O) groups excluding carboxylic acids is 1. The van der Waals surface area contributed by atoms with Crippen molar-refractivity contribution in [3.8, 4) is 0 Å². The van der Waals surface area contributed by atoms with Crippen molar-refractivity contribution in [1.82, 2.24) is 5.32 Å². The average Bonchev–Trinajstić information content (AvgIpc) is 2.68. The van der Waals surface area contributed by atoms with Gasteiger partial charge in [0.2, 0.25) is 5.91 Å². The van der Waals surface area contributed by atoms with Crippen molar-refractivity contribution >= 4 is 5.91 Å². The van der Waals surface area contributed by atoms with E-state index in [2.05, 4.69) is 5.32 Å². The highest BCUT2D eigenvalue weighted by Crippen LogP contribution is 2.25. The summed E-state index contributed by atoms with van der Waals surface area (Å²) in [7, 11) is 0. The number of nitrogens with one attached hydrogen (secondary N) is 1. The molecule has 2 unspecified atom stereocenters. The van der Waals surface area contributed by atoms with Crippen LogP contribution in [0.5, 0.6) is 0 Å². The molecular formula is C12H23N3O. The minimum atomic E-state index is 0.0515. The lowest BCUT2D eigenvalue weighted by molar-refractivity contribution is -0.126. The fraction of sp³-hybridized carbons (Fsp3) is 0.917. The summed E-state index contributed by atoms with van der Waals surface area (Å²) in [6.07, 6.45) is 7.15. The van der Waals surface area contributed by atoms with E-state index in [4.69, 9.17) is 11.5 Å². The molecule has 16 heavy (non-hydrogen) atoms. The van der Waals surface area contributed by atoms with E-state index in [9.17, 15) is 4.79 Å². The molecule has 0 spiro atoms. The number of rotatable bonds is 2. The molecule has 5 N–H and O–H groups in total. The summed E-state index contributed by atoms with van der Waals surface area (Å²) in [5.41, 5.74) is 11.8. The highest BCUT2D eigenvalue weighted by atomic mass is 16.2. The smallest absolute Gasteiger partial charge is 0.224 e. The highest BCUT2D eigenvalue weighted by Gasteiger charge is 2.31. The second-order valence-electron chi connectivity index (χ2n) is 5.32. The van der Waals surface area contributed by atoms with Crippen molar-refractivity contribution in [2.75, 3.05) is 0 Å². The SMILES string of the molecule is NC1CCC(NC(=O)C2CCCC2N)CC1. The van der Waals surface area contributed by atoms with Gasteiger partial charge in [-0.3, -0.25) is 4.79 Å². The molecule has 0 radical (unpaired) electrons. The lowest BCUT2D eigenvalue weighted by Crippen LogP contribution is -2.45. The first-order chi connectivity index (χ1) is 7.66. The monoisotopic (exact) mass is 225 g/mol. The van der Waals surface area contributed by atoms with Gasteiger partial charge in [-0.15, -0.1) is 0 Å². The Hall–Kier alpha value is -0.610. The maximum atomic E-state index is 12.0. The van der Waals surface area contributed by atoms with Crippen molar-refractivity contribution in [3.05, 3.63) is 0 Å². The second-order valence-corrected chi connectivity index (χ2v) is 5.32. The quantitative estimate of drug-likeness (QED) is 0.640. The molecule has 4 nitrogen and oxygen atoms in total. The number of amides is 1. The van der Waals surface area contributed by atoms with Crippen molar-refractivity contribution < 1.29 is 4.79 Å². The first kappa shape index (κ1) is 11.9. The summed E-state index contributed by atoms with van der Waals surface area (Å²) < 4.78 is 0. The summed E-state index contributed by atoms with van der Waals surface area (Å²) >= 11 is 0. The molecule has 0 aromatic rings. The Balaban J connectivity index is 1.78. The van der Waals surface area contributed by atoms with E-state index in [-0.39, 0.29) is 17.9 Å². The van der Waals surface area contributed by atoms with E-state index in [1.54, 1.807) is 0 Å². The van der Waals surface area contributed by atoms with Gasteiger partial charge in [0.15, 0.2) is 0 Å². The zero-order valence-electron chi connectivity index (χ0n) is 9.82. The largest absolute Gasteiger partial charge is 0.353 e. The summed E-state index contributed by atoms with van der Waals surface area (Å²) in [5, 5.41) is 3.14. The van der Waals surface area contributed by atoms with E-state index in [1.165, 1.54) is 0 Å². The van der Waals surface area contributed by atoms with Crippen molar-refractivity contribution in [1.29, 1.82) is 0 Å². The van der Waals surface area contributed by atoms with E-state index >= 15 is 0 Å². The molecule has 0 aromatic carbocycles. The molecule has 2 aliphatic carbocycles. The minimum absolute atomic E-state index is 0.0515. The molecule has 2 saturated carbocycles. The molecule has 0 saturated heterocycles. The molecular weight excluding hydrogens is 202 g/mol. The lowest BCUT2D eigenvalue weighted by atomic mass is 9.91. The molecule has 92 valence electrons. The Kier molecular flexibility index (Phi) is 3.82. The van der Waals surface area contributed by atoms with E-state index in [0.717, 1.165) is 44.9 Å². The molecule has 0 heterocycles. The third-order valence-electron chi connectivity index (χ3n) is 4.02. The molecule has 2 atom stereocenters. The van der Waals surface area contributed by atoms with Gasteiger partial charge in [-0.25, -0.2) is 0 Å². The van der Waals surface area contributed by atoms with Gasteiger partial charge in [0, 0.05) is 18.1 Å². The minimum Gasteiger partial charge on any atom is -0.353 e. The van der Waals surface area contributed by atoms with Crippen LogP contribution in [0.3, 0.4) is 0 Å². The Labute approximate surface area is 97.1 Å². The lowest BCUT2D eigenvalue weighted by Gasteiger charge is -2.28. The summed E-state index contributed by atoms with van der Waals surface area (Å²) in [5.74, 6) is 0.223. The predicted molar refractivity (Wildman–Crippen MR) is 63.7 cm³/mol. The van der Waals surface area contributed by atoms with Gasteiger partial charge in [0.1, 0.15) is 0 Å². The molecule has 2 fully saturated rings. The van der Waals surface area contributed by atoms with Gasteiger partial charge in [-0.2, -0.15) is 0 Å². The number of nitrogens with two attached hydrogens (primary N) is 2. The van der Waals surface area contributed by atoms with Crippen LogP contribution < -0.4 is 16.8 Å².